The Morgan fingerprint density at radius 2 is 1.57 bits per heavy atom. The van der Waals surface area contributed by atoms with Crippen molar-refractivity contribution < 1.29 is 29.1 Å². The third kappa shape index (κ3) is 10.2. The summed E-state index contributed by atoms with van der Waals surface area (Å²) < 4.78 is 0. The Hall–Kier alpha value is -3.37. The molecule has 11 heteroatoms. The lowest BCUT2D eigenvalue weighted by Crippen LogP contribution is -2.58. The molecule has 35 heavy (non-hydrogen) atoms. The molecule has 0 spiro atoms. The van der Waals surface area contributed by atoms with Gasteiger partial charge in [-0.1, -0.05) is 59.8 Å². The number of carbonyl (C=O) groups excluding carboxylic acids is 4. The minimum Gasteiger partial charge on any atom is -0.480 e. The quantitative estimate of drug-likeness (QED) is 0.272. The molecule has 0 aliphatic carbocycles. The van der Waals surface area contributed by atoms with Gasteiger partial charge in [0.05, 0.1) is 0 Å². The largest absolute Gasteiger partial charge is 0.480 e. The van der Waals surface area contributed by atoms with Crippen LogP contribution in [0, 0.1) is 17.8 Å². The number of rotatable bonds is 8. The predicted octanol–water partition coefficient (Wildman–Crippen LogP) is 0.677. The first-order chi connectivity index (χ1) is 16.3. The highest BCUT2D eigenvalue weighted by Crippen LogP contribution is 2.08. The Bertz CT molecular complexity index is 836. The maximum absolute atomic E-state index is 13.1. The van der Waals surface area contributed by atoms with Crippen LogP contribution in [0.2, 0.25) is 0 Å². The van der Waals surface area contributed by atoms with Gasteiger partial charge in [0, 0.05) is 18.7 Å². The number of nitrogens with one attached hydrogen (secondary N) is 5. The lowest BCUT2D eigenvalue weighted by Gasteiger charge is -2.27. The summed E-state index contributed by atoms with van der Waals surface area (Å²) in [4.78, 5) is 61.7. The van der Waals surface area contributed by atoms with Gasteiger partial charge in [-0.3, -0.25) is 14.4 Å². The van der Waals surface area contributed by atoms with Gasteiger partial charge < -0.3 is 31.7 Å². The van der Waals surface area contributed by atoms with E-state index in [4.69, 9.17) is 0 Å². The first-order valence-electron chi connectivity index (χ1n) is 11.9. The second-order valence-corrected chi connectivity index (χ2v) is 9.53. The fourth-order valence-corrected chi connectivity index (χ4v) is 3.27. The van der Waals surface area contributed by atoms with E-state index < -0.39 is 48.0 Å². The molecule has 11 nitrogen and oxygen atoms in total. The third-order valence-corrected chi connectivity index (χ3v) is 5.46. The van der Waals surface area contributed by atoms with E-state index in [1.54, 1.807) is 45.9 Å². The Balaban J connectivity index is 3.01. The van der Waals surface area contributed by atoms with Crippen LogP contribution in [0.5, 0.6) is 0 Å². The number of carboxylic acids is 1. The van der Waals surface area contributed by atoms with Gasteiger partial charge in [0.25, 0.3) is 0 Å². The molecule has 4 atom stereocenters. The number of hydrogen-bond acceptors (Lipinski definition) is 5. The molecule has 6 N–H and O–H groups in total. The van der Waals surface area contributed by atoms with E-state index in [1.807, 2.05) is 13.8 Å². The van der Waals surface area contributed by atoms with Crippen molar-refractivity contribution in [2.75, 3.05) is 6.54 Å². The summed E-state index contributed by atoms with van der Waals surface area (Å²) >= 11 is 0. The van der Waals surface area contributed by atoms with Gasteiger partial charge in [0.15, 0.2) is 0 Å². The van der Waals surface area contributed by atoms with Crippen LogP contribution >= 0.6 is 0 Å². The zero-order valence-electron chi connectivity index (χ0n) is 21.3. The van der Waals surface area contributed by atoms with Crippen molar-refractivity contribution in [3.63, 3.8) is 0 Å². The summed E-state index contributed by atoms with van der Waals surface area (Å²) in [6.45, 7) is 10.9. The van der Waals surface area contributed by atoms with Gasteiger partial charge in [-0.25, -0.2) is 9.59 Å². The van der Waals surface area contributed by atoms with Crippen molar-refractivity contribution in [1.82, 2.24) is 26.6 Å². The minimum absolute atomic E-state index is 0.0109. The zero-order valence-corrected chi connectivity index (χ0v) is 21.3. The molecule has 0 bridgehead atoms. The summed E-state index contributed by atoms with van der Waals surface area (Å²) in [5, 5.41) is 22.4. The van der Waals surface area contributed by atoms with Crippen LogP contribution < -0.4 is 26.6 Å². The van der Waals surface area contributed by atoms with E-state index in [0.717, 1.165) is 0 Å². The fraction of sp³-hybridized carbons (Fsp3) is 0.625. The maximum Gasteiger partial charge on any atom is 0.326 e. The Kier molecular flexibility index (Phi) is 12.0. The molecule has 0 aromatic rings. The van der Waals surface area contributed by atoms with E-state index in [9.17, 15) is 29.1 Å². The molecule has 0 saturated carbocycles. The molecule has 0 saturated heterocycles. The van der Waals surface area contributed by atoms with Gasteiger partial charge in [-0.05, 0) is 24.2 Å². The van der Waals surface area contributed by atoms with Crippen LogP contribution in [0.3, 0.4) is 0 Å². The summed E-state index contributed by atoms with van der Waals surface area (Å²) in [6.07, 6.45) is 6.66. The molecule has 0 fully saturated rings. The average Bonchev–Trinajstić information content (AvgIpc) is 2.75. The van der Waals surface area contributed by atoms with Gasteiger partial charge in [-0.15, -0.1) is 0 Å². The standard InChI is InChI=1S/C24H39N5O6/c1-13(2)16-10-11-18(30)25-12-8-7-9-17(21(31)26-16)27-22(32)19(14(3)4)28-24(35)29-20(15(5)6)23(33)34/h7,9-11,13-17,19-20H,8,12H2,1-6H3,(H,25,30)(H,26,31)(H,27,32)(H,33,34)(H2,28,29,35)/b9-7+,11-10+. The van der Waals surface area contributed by atoms with Gasteiger partial charge >= 0.3 is 12.0 Å². The lowest BCUT2D eigenvalue weighted by molar-refractivity contribution is -0.140. The van der Waals surface area contributed by atoms with E-state index >= 15 is 0 Å². The second kappa shape index (κ2) is 14.1. The monoisotopic (exact) mass is 493 g/mol. The highest BCUT2D eigenvalue weighted by Gasteiger charge is 2.30. The molecule has 1 rings (SSSR count). The first-order valence-corrected chi connectivity index (χ1v) is 11.9. The molecule has 1 heterocycles. The normalized spacial score (nSPS) is 22.7. The SMILES string of the molecule is CC(C)C1/C=C/C(=O)NCC/C=C/C(NC(=O)C(NC(=O)NC(C(=O)O)C(C)C)C(C)C)C(=O)N1. The van der Waals surface area contributed by atoms with Crippen LogP contribution in [-0.2, 0) is 19.2 Å². The number of aliphatic carboxylic acids is 1. The van der Waals surface area contributed by atoms with Crippen molar-refractivity contribution in [3.8, 4) is 0 Å². The molecule has 1 aliphatic rings. The van der Waals surface area contributed by atoms with Crippen molar-refractivity contribution in [3.05, 3.63) is 24.3 Å². The summed E-state index contributed by atoms with van der Waals surface area (Å²) in [5.74, 6) is -3.20. The summed E-state index contributed by atoms with van der Waals surface area (Å²) in [7, 11) is 0. The van der Waals surface area contributed by atoms with Gasteiger partial charge in [-0.2, -0.15) is 0 Å². The summed E-state index contributed by atoms with van der Waals surface area (Å²) in [5.41, 5.74) is 0. The Morgan fingerprint density at radius 3 is 2.11 bits per heavy atom. The van der Waals surface area contributed by atoms with Crippen LogP contribution in [-0.4, -0.2) is 65.5 Å². The molecule has 0 aromatic carbocycles. The van der Waals surface area contributed by atoms with E-state index in [2.05, 4.69) is 26.6 Å². The van der Waals surface area contributed by atoms with Gasteiger partial charge in [0.2, 0.25) is 17.7 Å². The molecule has 4 unspecified atom stereocenters. The van der Waals surface area contributed by atoms with Crippen molar-refractivity contribution >= 4 is 29.7 Å². The second-order valence-electron chi connectivity index (χ2n) is 9.53. The Morgan fingerprint density at radius 1 is 0.971 bits per heavy atom. The van der Waals surface area contributed by atoms with E-state index in [1.165, 1.54) is 6.08 Å². The molecular weight excluding hydrogens is 454 g/mol. The van der Waals surface area contributed by atoms with Crippen LogP contribution in [0.25, 0.3) is 0 Å². The van der Waals surface area contributed by atoms with E-state index in [-0.39, 0.29) is 23.7 Å². The van der Waals surface area contributed by atoms with Gasteiger partial charge in [0.1, 0.15) is 18.1 Å². The zero-order chi connectivity index (χ0) is 26.7. The van der Waals surface area contributed by atoms with Crippen LogP contribution in [0.15, 0.2) is 24.3 Å². The molecule has 0 aromatic heterocycles. The third-order valence-electron chi connectivity index (χ3n) is 5.46. The average molecular weight is 494 g/mol. The smallest absolute Gasteiger partial charge is 0.326 e. The van der Waals surface area contributed by atoms with Crippen LogP contribution in [0.4, 0.5) is 4.79 Å². The van der Waals surface area contributed by atoms with Crippen LogP contribution in [0.1, 0.15) is 48.0 Å². The fourth-order valence-electron chi connectivity index (χ4n) is 3.27. The lowest BCUT2D eigenvalue weighted by atomic mass is 10.0. The first kappa shape index (κ1) is 29.7. The van der Waals surface area contributed by atoms with Crippen molar-refractivity contribution in [1.29, 1.82) is 0 Å². The number of carbonyl (C=O) groups is 5. The highest BCUT2D eigenvalue weighted by molar-refractivity contribution is 5.94. The molecular formula is C24H39N5O6. The molecule has 0 radical (unpaired) electrons. The number of hydrogen-bond donors (Lipinski definition) is 6. The van der Waals surface area contributed by atoms with E-state index in [0.29, 0.717) is 13.0 Å². The topological polar surface area (TPSA) is 166 Å². The Labute approximate surface area is 206 Å². The van der Waals surface area contributed by atoms with Crippen molar-refractivity contribution in [2.45, 2.75) is 72.1 Å². The van der Waals surface area contributed by atoms with Crippen molar-refractivity contribution in [2.24, 2.45) is 17.8 Å². The number of carboxylic acid groups (broad SMARTS) is 1. The summed E-state index contributed by atoms with van der Waals surface area (Å²) in [6, 6.07) is -4.37. The molecule has 196 valence electrons. The predicted molar refractivity (Wildman–Crippen MR) is 131 cm³/mol. The minimum atomic E-state index is -1.18. The highest BCUT2D eigenvalue weighted by atomic mass is 16.4. The number of urea groups is 1. The molecule has 1 aliphatic heterocycles. The molecule has 5 amide bonds. The maximum atomic E-state index is 13.1. The number of amides is 5.